The number of hydrogen-bond donors (Lipinski definition) is 0. The minimum absolute atomic E-state index is 0.00421. The summed E-state index contributed by atoms with van der Waals surface area (Å²) in [4.78, 5) is 52.6. The Morgan fingerprint density at radius 1 is 1.16 bits per heavy atom. The van der Waals surface area contributed by atoms with Crippen molar-refractivity contribution in [1.29, 1.82) is 0 Å². The summed E-state index contributed by atoms with van der Waals surface area (Å²) >= 11 is 0. The maximum absolute atomic E-state index is 13.0. The first-order chi connectivity index (χ1) is 14.9. The summed E-state index contributed by atoms with van der Waals surface area (Å²) in [6.45, 7) is 5.45. The Morgan fingerprint density at radius 3 is 2.48 bits per heavy atom. The van der Waals surface area contributed by atoms with Gasteiger partial charge < -0.3 is 14.2 Å². The molecule has 2 unspecified atom stereocenters. The molecule has 0 aromatic heterocycles. The third-order valence-corrected chi connectivity index (χ3v) is 4.67. The molecule has 10 heteroatoms. The van der Waals surface area contributed by atoms with E-state index in [1.807, 2.05) is 0 Å². The number of esters is 2. The van der Waals surface area contributed by atoms with Gasteiger partial charge in [-0.2, -0.15) is 0 Å². The van der Waals surface area contributed by atoms with Crippen molar-refractivity contribution in [2.45, 2.75) is 26.7 Å². The molecule has 1 aromatic carbocycles. The van der Waals surface area contributed by atoms with E-state index in [1.165, 1.54) is 25.1 Å². The molecule has 166 valence electrons. The molecule has 1 aliphatic heterocycles. The van der Waals surface area contributed by atoms with E-state index in [0.717, 1.165) is 0 Å². The van der Waals surface area contributed by atoms with Crippen LogP contribution in [0.15, 0.2) is 40.5 Å². The van der Waals surface area contributed by atoms with Crippen molar-refractivity contribution in [3.8, 4) is 0 Å². The molecule has 0 saturated carbocycles. The summed E-state index contributed by atoms with van der Waals surface area (Å²) in [5.74, 6) is -3.96. The van der Waals surface area contributed by atoms with E-state index in [2.05, 4.69) is 4.99 Å². The van der Waals surface area contributed by atoms with Gasteiger partial charge >= 0.3 is 11.9 Å². The van der Waals surface area contributed by atoms with E-state index in [4.69, 9.17) is 14.2 Å². The fourth-order valence-electron chi connectivity index (χ4n) is 3.41. The predicted octanol–water partition coefficient (Wildman–Crippen LogP) is 2.36. The van der Waals surface area contributed by atoms with Crippen molar-refractivity contribution in [1.82, 2.24) is 0 Å². The van der Waals surface area contributed by atoms with Crippen molar-refractivity contribution >= 4 is 29.6 Å². The van der Waals surface area contributed by atoms with Gasteiger partial charge in [-0.1, -0.05) is 18.2 Å². The lowest BCUT2D eigenvalue weighted by Crippen LogP contribution is -2.37. The summed E-state index contributed by atoms with van der Waals surface area (Å²) in [5.41, 5.74) is -0.488. The lowest BCUT2D eigenvalue weighted by Gasteiger charge is -2.30. The molecule has 10 nitrogen and oxygen atoms in total. The maximum atomic E-state index is 13.0. The molecule has 0 N–H and O–H groups in total. The number of allylic oxidation sites excluding steroid dienone is 1. The van der Waals surface area contributed by atoms with Gasteiger partial charge in [0.25, 0.3) is 5.69 Å². The van der Waals surface area contributed by atoms with Crippen molar-refractivity contribution in [2.24, 2.45) is 10.9 Å². The first kappa shape index (κ1) is 23.9. The smallest absolute Gasteiger partial charge is 0.336 e. The van der Waals surface area contributed by atoms with Gasteiger partial charge in [0.2, 0.25) is 0 Å². The van der Waals surface area contributed by atoms with Crippen molar-refractivity contribution in [3.05, 3.63) is 51.2 Å². The summed E-state index contributed by atoms with van der Waals surface area (Å²) < 4.78 is 15.5. The zero-order chi connectivity index (χ0) is 23.0. The Kier molecular flexibility index (Phi) is 8.56. The Hall–Kier alpha value is -3.40. The molecule has 0 spiro atoms. The first-order valence-corrected chi connectivity index (χ1v) is 9.76. The van der Waals surface area contributed by atoms with Crippen molar-refractivity contribution < 1.29 is 33.5 Å². The number of carbonyl (C=O) groups excluding carboxylic acids is 3. The highest BCUT2D eigenvalue weighted by Crippen LogP contribution is 2.43. The average molecular weight is 432 g/mol. The Bertz CT molecular complexity index is 922. The van der Waals surface area contributed by atoms with Crippen LogP contribution in [0.1, 0.15) is 32.3 Å². The summed E-state index contributed by atoms with van der Waals surface area (Å²) in [6, 6.07) is 5.71. The van der Waals surface area contributed by atoms with Crippen LogP contribution in [-0.4, -0.2) is 55.3 Å². The molecule has 31 heavy (non-hydrogen) atoms. The van der Waals surface area contributed by atoms with Crippen molar-refractivity contribution in [3.63, 3.8) is 0 Å². The van der Waals surface area contributed by atoms with Crippen molar-refractivity contribution in [2.75, 3.05) is 26.4 Å². The topological polar surface area (TPSA) is 134 Å². The molecule has 0 bridgehead atoms. The van der Waals surface area contributed by atoms with Crippen LogP contribution in [0, 0.1) is 16.0 Å². The quantitative estimate of drug-likeness (QED) is 0.181. The first-order valence-electron chi connectivity index (χ1n) is 9.76. The molecule has 1 heterocycles. The number of rotatable bonds is 10. The van der Waals surface area contributed by atoms with E-state index >= 15 is 0 Å². The highest BCUT2D eigenvalue weighted by Gasteiger charge is 2.45. The number of para-hydroxylation sites is 1. The van der Waals surface area contributed by atoms with E-state index in [9.17, 15) is 24.5 Å². The Morgan fingerprint density at radius 2 is 1.87 bits per heavy atom. The number of benzene rings is 1. The average Bonchev–Trinajstić information content (AvgIpc) is 2.75. The molecule has 0 fully saturated rings. The second-order valence-electron chi connectivity index (χ2n) is 6.53. The summed E-state index contributed by atoms with van der Waals surface area (Å²) in [6.07, 6.45) is 0.369. The van der Waals surface area contributed by atoms with Gasteiger partial charge in [-0.15, -0.1) is 0 Å². The highest BCUT2D eigenvalue weighted by molar-refractivity contribution is 6.09. The standard InChI is InChI=1S/C21H24N2O8/c1-4-29-10-11-31-20(25)17-13(3)22-15(12-24)19(21(26)30-5-2)18(17)14-8-6-7-9-16(14)23(27)28/h6-9,12,17-18H,4-5,10-11H2,1-3H3. The number of aliphatic imine (C=N–C) groups is 1. The third-order valence-electron chi connectivity index (χ3n) is 4.67. The van der Waals surface area contributed by atoms with Gasteiger partial charge in [0.1, 0.15) is 18.2 Å². The highest BCUT2D eigenvalue weighted by atomic mass is 16.6. The van der Waals surface area contributed by atoms with Crippen LogP contribution in [-0.2, 0) is 28.6 Å². The van der Waals surface area contributed by atoms with Crippen LogP contribution in [0.25, 0.3) is 0 Å². The molecule has 2 rings (SSSR count). The second kappa shape index (κ2) is 11.1. The fourth-order valence-corrected chi connectivity index (χ4v) is 3.41. The third kappa shape index (κ3) is 5.40. The molecular weight excluding hydrogens is 408 g/mol. The van der Waals surface area contributed by atoms with Gasteiger partial charge in [-0.25, -0.2) is 4.79 Å². The van der Waals surface area contributed by atoms with Crippen LogP contribution in [0.2, 0.25) is 0 Å². The zero-order valence-corrected chi connectivity index (χ0v) is 17.5. The number of ether oxygens (including phenoxy) is 3. The van der Waals surface area contributed by atoms with Gasteiger partial charge in [-0.3, -0.25) is 24.7 Å². The number of nitro benzene ring substituents is 1. The number of nitrogens with zero attached hydrogens (tertiary/aromatic N) is 2. The molecular formula is C21H24N2O8. The molecule has 0 aliphatic carbocycles. The van der Waals surface area contributed by atoms with E-state index in [1.54, 1.807) is 19.9 Å². The number of aldehydes is 1. The minimum atomic E-state index is -1.18. The number of nitro groups is 1. The molecule has 1 aromatic rings. The zero-order valence-electron chi connectivity index (χ0n) is 17.5. The fraction of sp³-hybridized carbons (Fsp3) is 0.429. The van der Waals surface area contributed by atoms with Gasteiger partial charge in [0.05, 0.1) is 23.7 Å². The molecule has 1 aliphatic rings. The minimum Gasteiger partial charge on any atom is -0.463 e. The lowest BCUT2D eigenvalue weighted by molar-refractivity contribution is -0.385. The van der Waals surface area contributed by atoms with Crippen LogP contribution >= 0.6 is 0 Å². The SMILES string of the molecule is CCOCCOC(=O)C1C(C)=NC(C=O)=C(C(=O)OCC)C1c1ccccc1[N+](=O)[O-]. The molecule has 0 radical (unpaired) electrons. The normalized spacial score (nSPS) is 18.2. The predicted molar refractivity (Wildman–Crippen MR) is 110 cm³/mol. The number of hydrogen-bond acceptors (Lipinski definition) is 9. The van der Waals surface area contributed by atoms with Gasteiger partial charge in [0.15, 0.2) is 6.29 Å². The molecule has 2 atom stereocenters. The monoisotopic (exact) mass is 432 g/mol. The van der Waals surface area contributed by atoms with Crippen LogP contribution in [0.4, 0.5) is 5.69 Å². The van der Waals surface area contributed by atoms with Crippen LogP contribution in [0.3, 0.4) is 0 Å². The number of carbonyl (C=O) groups is 3. The van der Waals surface area contributed by atoms with Crippen LogP contribution < -0.4 is 0 Å². The van der Waals surface area contributed by atoms with E-state index in [-0.39, 0.29) is 48.1 Å². The van der Waals surface area contributed by atoms with Gasteiger partial charge in [-0.05, 0) is 20.8 Å². The maximum Gasteiger partial charge on any atom is 0.336 e. The molecule has 0 saturated heterocycles. The Labute approximate surface area is 179 Å². The summed E-state index contributed by atoms with van der Waals surface area (Å²) in [7, 11) is 0. The van der Waals surface area contributed by atoms with E-state index < -0.39 is 28.7 Å². The van der Waals surface area contributed by atoms with Gasteiger partial charge in [0, 0.05) is 29.9 Å². The summed E-state index contributed by atoms with van der Waals surface area (Å²) in [5, 5.41) is 11.7. The van der Waals surface area contributed by atoms with E-state index in [0.29, 0.717) is 12.9 Å². The van der Waals surface area contributed by atoms with Crippen LogP contribution in [0.5, 0.6) is 0 Å². The second-order valence-corrected chi connectivity index (χ2v) is 6.53. The lowest BCUT2D eigenvalue weighted by atomic mass is 9.75. The Balaban J connectivity index is 2.64. The molecule has 0 amide bonds. The largest absolute Gasteiger partial charge is 0.463 e.